The maximum Gasteiger partial charge on any atom is 0.274 e. The lowest BCUT2D eigenvalue weighted by molar-refractivity contribution is 0.0900. The van der Waals surface area contributed by atoms with Gasteiger partial charge in [0.1, 0.15) is 5.69 Å². The number of amides is 2. The number of nitrogen functional groups attached to an aromatic ring is 1. The summed E-state index contributed by atoms with van der Waals surface area (Å²) in [6.07, 6.45) is 8.18. The van der Waals surface area contributed by atoms with Crippen molar-refractivity contribution in [3.63, 3.8) is 0 Å². The van der Waals surface area contributed by atoms with Gasteiger partial charge in [-0.3, -0.25) is 14.6 Å². The van der Waals surface area contributed by atoms with Crippen molar-refractivity contribution in [2.45, 2.75) is 44.6 Å². The Hall–Kier alpha value is -2.93. The maximum absolute atomic E-state index is 12.5. The van der Waals surface area contributed by atoms with Gasteiger partial charge in [0, 0.05) is 6.20 Å². The molecule has 7 nitrogen and oxygen atoms in total. The quantitative estimate of drug-likeness (QED) is 0.537. The SMILES string of the molecule is Nc1ccccc1NC(=O)c1ccc(C(=O)NC(CO)CC2CCCCC2)cn1. The van der Waals surface area contributed by atoms with Crippen molar-refractivity contribution in [2.75, 3.05) is 17.7 Å². The van der Waals surface area contributed by atoms with Gasteiger partial charge in [-0.2, -0.15) is 0 Å². The summed E-state index contributed by atoms with van der Waals surface area (Å²) >= 11 is 0. The molecular formula is C22H28N4O3. The minimum absolute atomic E-state index is 0.0886. The van der Waals surface area contributed by atoms with Crippen LogP contribution in [-0.2, 0) is 0 Å². The van der Waals surface area contributed by atoms with E-state index < -0.39 is 5.91 Å². The summed E-state index contributed by atoms with van der Waals surface area (Å²) in [5.74, 6) is -0.150. The number of anilines is 2. The first-order chi connectivity index (χ1) is 14.1. The van der Waals surface area contributed by atoms with E-state index in [0.717, 1.165) is 19.3 Å². The summed E-state index contributed by atoms with van der Waals surface area (Å²) in [6, 6.07) is 9.74. The number of carbonyl (C=O) groups excluding carboxylic acids is 2. The standard InChI is InChI=1S/C22H28N4O3/c23-18-8-4-5-9-19(18)26-22(29)20-11-10-16(13-24-20)21(28)25-17(14-27)12-15-6-2-1-3-7-15/h4-5,8-11,13,15,17,27H,1-3,6-7,12,14,23H2,(H,25,28)(H,26,29). The van der Waals surface area contributed by atoms with Crippen LogP contribution in [0, 0.1) is 5.92 Å². The summed E-state index contributed by atoms with van der Waals surface area (Å²) in [7, 11) is 0. The van der Waals surface area contributed by atoms with Crippen LogP contribution in [0.3, 0.4) is 0 Å². The van der Waals surface area contributed by atoms with Gasteiger partial charge in [0.05, 0.1) is 29.6 Å². The molecule has 1 fully saturated rings. The number of benzene rings is 1. The number of aliphatic hydroxyl groups is 1. The molecule has 154 valence electrons. The van der Waals surface area contributed by atoms with E-state index in [1.807, 2.05) is 0 Å². The second-order valence-corrected chi connectivity index (χ2v) is 7.57. The molecule has 0 spiro atoms. The Morgan fingerprint density at radius 2 is 1.86 bits per heavy atom. The minimum Gasteiger partial charge on any atom is -0.397 e. The molecule has 7 heteroatoms. The topological polar surface area (TPSA) is 117 Å². The third-order valence-electron chi connectivity index (χ3n) is 5.37. The number of pyridine rings is 1. The smallest absolute Gasteiger partial charge is 0.274 e. The molecule has 1 saturated carbocycles. The number of para-hydroxylation sites is 2. The highest BCUT2D eigenvalue weighted by Gasteiger charge is 2.21. The number of hydrogen-bond donors (Lipinski definition) is 4. The number of aliphatic hydroxyl groups excluding tert-OH is 1. The van der Waals surface area contributed by atoms with Crippen LogP contribution in [0.4, 0.5) is 11.4 Å². The summed E-state index contributed by atoms with van der Waals surface area (Å²) in [5.41, 5.74) is 7.34. The molecule has 0 radical (unpaired) electrons. The van der Waals surface area contributed by atoms with Crippen LogP contribution < -0.4 is 16.4 Å². The van der Waals surface area contributed by atoms with Crippen LogP contribution in [0.5, 0.6) is 0 Å². The second kappa shape index (κ2) is 10.0. The van der Waals surface area contributed by atoms with Crippen molar-refractivity contribution in [3.05, 3.63) is 53.9 Å². The highest BCUT2D eigenvalue weighted by atomic mass is 16.3. The normalized spacial score (nSPS) is 15.5. The highest BCUT2D eigenvalue weighted by molar-refractivity contribution is 6.05. The zero-order valence-corrected chi connectivity index (χ0v) is 16.4. The summed E-state index contributed by atoms with van der Waals surface area (Å²) in [4.78, 5) is 28.9. The lowest BCUT2D eigenvalue weighted by Crippen LogP contribution is -2.39. The van der Waals surface area contributed by atoms with Crippen LogP contribution in [0.1, 0.15) is 59.4 Å². The molecule has 2 amide bonds. The first-order valence-corrected chi connectivity index (χ1v) is 10.1. The zero-order valence-electron chi connectivity index (χ0n) is 16.4. The molecule has 0 aliphatic heterocycles. The Kier molecular flexibility index (Phi) is 7.19. The zero-order chi connectivity index (χ0) is 20.6. The average Bonchev–Trinajstić information content (AvgIpc) is 2.75. The Morgan fingerprint density at radius 1 is 1.10 bits per heavy atom. The molecule has 29 heavy (non-hydrogen) atoms. The van der Waals surface area contributed by atoms with Crippen molar-refractivity contribution in [3.8, 4) is 0 Å². The monoisotopic (exact) mass is 396 g/mol. The fourth-order valence-electron chi connectivity index (χ4n) is 3.73. The molecule has 1 unspecified atom stereocenters. The minimum atomic E-state index is -0.402. The Bertz CT molecular complexity index is 832. The molecule has 5 N–H and O–H groups in total. The largest absolute Gasteiger partial charge is 0.397 e. The van der Waals surface area contributed by atoms with Crippen molar-refractivity contribution < 1.29 is 14.7 Å². The molecule has 1 aromatic carbocycles. The molecule has 2 aromatic rings. The fraction of sp³-hybridized carbons (Fsp3) is 0.409. The molecule has 0 saturated heterocycles. The van der Waals surface area contributed by atoms with Crippen molar-refractivity contribution in [1.82, 2.24) is 10.3 Å². The lowest BCUT2D eigenvalue weighted by Gasteiger charge is -2.26. The predicted molar refractivity (Wildman–Crippen MR) is 113 cm³/mol. The van der Waals surface area contributed by atoms with Gasteiger partial charge >= 0.3 is 0 Å². The molecule has 1 heterocycles. The van der Waals surface area contributed by atoms with E-state index in [1.165, 1.54) is 31.5 Å². The van der Waals surface area contributed by atoms with E-state index in [4.69, 9.17) is 5.73 Å². The van der Waals surface area contributed by atoms with Gasteiger partial charge in [-0.15, -0.1) is 0 Å². The highest BCUT2D eigenvalue weighted by Crippen LogP contribution is 2.27. The fourth-order valence-corrected chi connectivity index (χ4v) is 3.73. The molecule has 1 aliphatic rings. The summed E-state index contributed by atoms with van der Waals surface area (Å²) in [6.45, 7) is -0.0886. The molecule has 1 aliphatic carbocycles. The van der Waals surface area contributed by atoms with E-state index in [1.54, 1.807) is 30.3 Å². The van der Waals surface area contributed by atoms with Crippen LogP contribution >= 0.6 is 0 Å². The third-order valence-corrected chi connectivity index (χ3v) is 5.37. The predicted octanol–water partition coefficient (Wildman–Crippen LogP) is 2.98. The van der Waals surface area contributed by atoms with Crippen LogP contribution in [-0.4, -0.2) is 34.6 Å². The number of rotatable bonds is 7. The van der Waals surface area contributed by atoms with E-state index in [2.05, 4.69) is 15.6 Å². The van der Waals surface area contributed by atoms with Crippen LogP contribution in [0.15, 0.2) is 42.6 Å². The van der Waals surface area contributed by atoms with Gasteiger partial charge in [-0.05, 0) is 36.6 Å². The van der Waals surface area contributed by atoms with Crippen LogP contribution in [0.25, 0.3) is 0 Å². The van der Waals surface area contributed by atoms with Gasteiger partial charge in [-0.25, -0.2) is 0 Å². The lowest BCUT2D eigenvalue weighted by atomic mass is 9.85. The number of aromatic nitrogens is 1. The number of nitrogens with zero attached hydrogens (tertiary/aromatic N) is 1. The van der Waals surface area contributed by atoms with Gasteiger partial charge in [0.2, 0.25) is 0 Å². The number of hydrogen-bond acceptors (Lipinski definition) is 5. The van der Waals surface area contributed by atoms with Gasteiger partial charge in [0.25, 0.3) is 11.8 Å². The molecule has 3 rings (SSSR count). The first-order valence-electron chi connectivity index (χ1n) is 10.1. The average molecular weight is 396 g/mol. The summed E-state index contributed by atoms with van der Waals surface area (Å²) in [5, 5.41) is 15.2. The molecule has 0 bridgehead atoms. The Balaban J connectivity index is 1.57. The summed E-state index contributed by atoms with van der Waals surface area (Å²) < 4.78 is 0. The first kappa shape index (κ1) is 20.8. The van der Waals surface area contributed by atoms with Gasteiger partial charge in [-0.1, -0.05) is 44.2 Å². The van der Waals surface area contributed by atoms with Gasteiger partial charge in [0.15, 0.2) is 0 Å². The number of nitrogens with two attached hydrogens (primary N) is 1. The van der Waals surface area contributed by atoms with Crippen molar-refractivity contribution in [2.24, 2.45) is 5.92 Å². The Labute approximate surface area is 170 Å². The number of nitrogens with one attached hydrogen (secondary N) is 2. The van der Waals surface area contributed by atoms with Crippen LogP contribution in [0.2, 0.25) is 0 Å². The molecule has 1 aromatic heterocycles. The second-order valence-electron chi connectivity index (χ2n) is 7.57. The third kappa shape index (κ3) is 5.77. The molecular weight excluding hydrogens is 368 g/mol. The van der Waals surface area contributed by atoms with Crippen molar-refractivity contribution >= 4 is 23.2 Å². The number of carbonyl (C=O) groups is 2. The Morgan fingerprint density at radius 3 is 2.52 bits per heavy atom. The maximum atomic E-state index is 12.5. The van der Waals surface area contributed by atoms with E-state index >= 15 is 0 Å². The van der Waals surface area contributed by atoms with E-state index in [9.17, 15) is 14.7 Å². The van der Waals surface area contributed by atoms with Crippen molar-refractivity contribution in [1.29, 1.82) is 0 Å². The van der Waals surface area contributed by atoms with Gasteiger partial charge < -0.3 is 21.5 Å². The van der Waals surface area contributed by atoms with E-state index in [-0.39, 0.29) is 24.2 Å². The molecule has 1 atom stereocenters. The van der Waals surface area contributed by atoms with E-state index in [0.29, 0.717) is 22.9 Å².